The van der Waals surface area contributed by atoms with Crippen molar-refractivity contribution in [2.75, 3.05) is 7.11 Å². The van der Waals surface area contributed by atoms with E-state index in [0.717, 1.165) is 17.0 Å². The number of fused-ring (bicyclic) bond motifs is 1. The summed E-state index contributed by atoms with van der Waals surface area (Å²) in [5, 5.41) is 2.54. The molecule has 2 aliphatic rings. The number of aromatic nitrogens is 3. The van der Waals surface area contributed by atoms with Crippen molar-refractivity contribution in [3.8, 4) is 11.4 Å². The number of nitrogens with one attached hydrogen (secondary N) is 1. The molecule has 1 amide bonds. The van der Waals surface area contributed by atoms with Crippen LogP contribution in [-0.4, -0.2) is 27.7 Å². The summed E-state index contributed by atoms with van der Waals surface area (Å²) in [7, 11) is 1.30. The van der Waals surface area contributed by atoms with E-state index in [1.165, 1.54) is 19.2 Å². The van der Waals surface area contributed by atoms with E-state index in [2.05, 4.69) is 20.0 Å². The summed E-state index contributed by atoms with van der Waals surface area (Å²) >= 11 is 0. The number of hydrogen-bond acceptors (Lipinski definition) is 4. The first-order valence-electron chi connectivity index (χ1n) is 7.03. The molecule has 3 rings (SSSR count). The van der Waals surface area contributed by atoms with Gasteiger partial charge in [0.1, 0.15) is 17.3 Å². The number of carbonyl (C=O) groups excluding carboxylic acids is 1. The predicted molar refractivity (Wildman–Crippen MR) is 81.4 cm³/mol. The van der Waals surface area contributed by atoms with Gasteiger partial charge < -0.3 is 14.6 Å². The highest BCUT2D eigenvalue weighted by molar-refractivity contribution is 5.66. The van der Waals surface area contributed by atoms with Crippen LogP contribution in [0.1, 0.15) is 11.4 Å². The molecule has 6 nitrogen and oxygen atoms in total. The second kappa shape index (κ2) is 6.43. The van der Waals surface area contributed by atoms with Crippen molar-refractivity contribution in [1.82, 2.24) is 19.9 Å². The van der Waals surface area contributed by atoms with E-state index < -0.39 is 6.09 Å². The van der Waals surface area contributed by atoms with Gasteiger partial charge in [0.2, 0.25) is 0 Å². The molecule has 2 aliphatic heterocycles. The number of rotatable bonds is 4. The maximum atomic E-state index is 12.9. The Balaban J connectivity index is 1.75. The van der Waals surface area contributed by atoms with E-state index in [1.54, 1.807) is 12.1 Å². The summed E-state index contributed by atoms with van der Waals surface area (Å²) in [5.74, 6) is 0.267. The normalized spacial score (nSPS) is 10.7. The lowest BCUT2D eigenvalue weighted by molar-refractivity contribution is 0.170. The zero-order valence-electron chi connectivity index (χ0n) is 12.5. The number of ether oxygens (including phenoxy) is 1. The van der Waals surface area contributed by atoms with Gasteiger partial charge in [0.15, 0.2) is 0 Å². The topological polar surface area (TPSA) is 69.0 Å². The maximum absolute atomic E-state index is 12.9. The molecule has 2 heterocycles. The molecule has 0 aromatic heterocycles. The van der Waals surface area contributed by atoms with E-state index in [1.807, 2.05) is 23.0 Å². The molecule has 0 saturated carbocycles. The smallest absolute Gasteiger partial charge is 0.407 e. The van der Waals surface area contributed by atoms with Crippen molar-refractivity contribution in [3.63, 3.8) is 0 Å². The van der Waals surface area contributed by atoms with Crippen LogP contribution >= 0.6 is 0 Å². The molecule has 0 atom stereocenters. The van der Waals surface area contributed by atoms with E-state index in [9.17, 15) is 9.18 Å². The van der Waals surface area contributed by atoms with E-state index in [4.69, 9.17) is 0 Å². The minimum absolute atomic E-state index is 0.208. The highest BCUT2D eigenvalue weighted by atomic mass is 19.1. The summed E-state index contributed by atoms with van der Waals surface area (Å²) in [6.07, 6.45) is 3.23. The highest BCUT2D eigenvalue weighted by Crippen LogP contribution is 2.18. The molecule has 1 N–H and O–H groups in total. The number of halogens is 1. The zero-order chi connectivity index (χ0) is 16.2. The van der Waals surface area contributed by atoms with E-state index >= 15 is 0 Å². The number of methoxy groups -OCH3 is 1. The van der Waals surface area contributed by atoms with Crippen molar-refractivity contribution < 1.29 is 13.9 Å². The second-order valence-electron chi connectivity index (χ2n) is 5.00. The van der Waals surface area contributed by atoms with E-state index in [-0.39, 0.29) is 12.4 Å². The second-order valence-corrected chi connectivity index (χ2v) is 5.00. The Labute approximate surface area is 132 Å². The predicted octanol–water partition coefficient (Wildman–Crippen LogP) is 2.43. The van der Waals surface area contributed by atoms with Gasteiger partial charge >= 0.3 is 6.09 Å². The summed E-state index contributed by atoms with van der Waals surface area (Å²) in [5.41, 5.74) is 2.47. The molecule has 0 fully saturated rings. The van der Waals surface area contributed by atoms with Crippen LogP contribution in [0, 0.1) is 5.82 Å². The first-order valence-corrected chi connectivity index (χ1v) is 7.03. The quantitative estimate of drug-likeness (QED) is 0.803. The number of alkyl carbamates (subject to hydrolysis) is 1. The fourth-order valence-electron chi connectivity index (χ4n) is 2.20. The summed E-state index contributed by atoms with van der Waals surface area (Å²) in [6, 6.07) is 8.22. The lowest BCUT2D eigenvalue weighted by Crippen LogP contribution is -2.22. The van der Waals surface area contributed by atoms with Crippen LogP contribution in [0.5, 0.6) is 0 Å². The lowest BCUT2D eigenvalue weighted by Gasteiger charge is -2.08. The van der Waals surface area contributed by atoms with Crippen LogP contribution in [0.2, 0.25) is 0 Å². The van der Waals surface area contributed by atoms with Gasteiger partial charge in [0.25, 0.3) is 0 Å². The number of pyridine rings is 1. The average Bonchev–Trinajstić information content (AvgIpc) is 2.97. The Morgan fingerprint density at radius 2 is 1.96 bits per heavy atom. The minimum Gasteiger partial charge on any atom is -0.453 e. The van der Waals surface area contributed by atoms with Crippen molar-refractivity contribution in [1.29, 1.82) is 0 Å². The highest BCUT2D eigenvalue weighted by Gasteiger charge is 2.12. The van der Waals surface area contributed by atoms with Gasteiger partial charge in [-0.1, -0.05) is 12.1 Å². The number of nitrogens with zero attached hydrogens (tertiary/aromatic N) is 3. The van der Waals surface area contributed by atoms with Gasteiger partial charge in [0.05, 0.1) is 19.3 Å². The molecule has 1 aromatic rings. The Hall–Kier alpha value is -2.96. The minimum atomic E-state index is -0.523. The lowest BCUT2D eigenvalue weighted by atomic mass is 10.2. The Morgan fingerprint density at radius 3 is 2.70 bits per heavy atom. The van der Waals surface area contributed by atoms with Crippen molar-refractivity contribution in [3.05, 3.63) is 59.9 Å². The molecular formula is C16H15FN4O2. The molecule has 1 aromatic carbocycles. The summed E-state index contributed by atoms with van der Waals surface area (Å²) < 4.78 is 19.4. The summed E-state index contributed by atoms with van der Waals surface area (Å²) in [4.78, 5) is 19.8. The first kappa shape index (κ1) is 15.0. The Morgan fingerprint density at radius 1 is 1.22 bits per heavy atom. The number of amides is 1. The Bertz CT molecular complexity index is 785. The van der Waals surface area contributed by atoms with Crippen molar-refractivity contribution in [2.45, 2.75) is 13.1 Å². The van der Waals surface area contributed by atoms with Crippen LogP contribution in [0.25, 0.3) is 11.4 Å². The van der Waals surface area contributed by atoms with Crippen LogP contribution in [0.15, 0.2) is 42.7 Å². The van der Waals surface area contributed by atoms with Crippen molar-refractivity contribution in [2.24, 2.45) is 0 Å². The molecule has 0 saturated heterocycles. The van der Waals surface area contributed by atoms with Crippen LogP contribution in [0.4, 0.5) is 9.18 Å². The number of imidazole rings is 1. The van der Waals surface area contributed by atoms with Gasteiger partial charge in [-0.25, -0.2) is 19.2 Å². The largest absolute Gasteiger partial charge is 0.453 e. The molecule has 0 spiro atoms. The Kier molecular flexibility index (Phi) is 4.18. The standard InChI is InChI=1S/C16H15FN4O2/c1-23-16(22)18-8-15-19-13-6-7-21(10-14(13)20-15)9-11-2-4-12(17)5-3-11/h2-7,10H,8-9H2,1H3,(H,18,22). The van der Waals surface area contributed by atoms with Gasteiger partial charge in [-0.2, -0.15) is 0 Å². The molecule has 0 bridgehead atoms. The fraction of sp³-hybridized carbons (Fsp3) is 0.188. The maximum Gasteiger partial charge on any atom is 0.407 e. The average molecular weight is 314 g/mol. The summed E-state index contributed by atoms with van der Waals surface area (Å²) in [6.45, 7) is 0.818. The third-order valence-corrected chi connectivity index (χ3v) is 3.33. The van der Waals surface area contributed by atoms with Gasteiger partial charge in [0, 0.05) is 18.9 Å². The molecular weight excluding hydrogens is 299 g/mol. The molecule has 7 heteroatoms. The molecule has 0 aliphatic carbocycles. The SMILES string of the molecule is COC(=O)NCc1nc2ccn(Cc3ccc(F)cc3)cc-2n1. The van der Waals surface area contributed by atoms with Gasteiger partial charge in [-0.3, -0.25) is 0 Å². The molecule has 0 unspecified atom stereocenters. The van der Waals surface area contributed by atoms with Crippen molar-refractivity contribution >= 4 is 6.09 Å². The monoisotopic (exact) mass is 314 g/mol. The number of carbonyl (C=O) groups is 1. The van der Waals surface area contributed by atoms with Gasteiger partial charge in [-0.05, 0) is 23.8 Å². The zero-order valence-corrected chi connectivity index (χ0v) is 12.5. The van der Waals surface area contributed by atoms with E-state index in [0.29, 0.717) is 12.4 Å². The molecule has 23 heavy (non-hydrogen) atoms. The third-order valence-electron chi connectivity index (χ3n) is 3.33. The van der Waals surface area contributed by atoms with Crippen LogP contribution in [-0.2, 0) is 17.8 Å². The van der Waals surface area contributed by atoms with Crippen LogP contribution in [0.3, 0.4) is 0 Å². The van der Waals surface area contributed by atoms with Gasteiger partial charge in [-0.15, -0.1) is 0 Å². The van der Waals surface area contributed by atoms with Crippen LogP contribution < -0.4 is 5.32 Å². The third kappa shape index (κ3) is 3.63. The fourth-order valence-corrected chi connectivity index (χ4v) is 2.20. The first-order chi connectivity index (χ1) is 11.1. The molecule has 118 valence electrons. The molecule has 0 radical (unpaired) electrons. The number of benzene rings is 1. The number of hydrogen-bond donors (Lipinski definition) is 1.